The third-order valence-corrected chi connectivity index (χ3v) is 8.30. The van der Waals surface area contributed by atoms with E-state index in [1.54, 1.807) is 49.6 Å². The van der Waals surface area contributed by atoms with Crippen LogP contribution in [0, 0.1) is 0 Å². The Kier molecular flexibility index (Phi) is 7.24. The summed E-state index contributed by atoms with van der Waals surface area (Å²) in [5.41, 5.74) is 2.55. The van der Waals surface area contributed by atoms with E-state index in [9.17, 15) is 14.7 Å². The van der Waals surface area contributed by atoms with E-state index in [1.165, 1.54) is 16.2 Å². The van der Waals surface area contributed by atoms with E-state index in [-0.39, 0.29) is 17.4 Å². The third kappa shape index (κ3) is 4.71. The van der Waals surface area contributed by atoms with Crippen molar-refractivity contribution >= 4 is 44.1 Å². The van der Waals surface area contributed by atoms with Gasteiger partial charge >= 0.3 is 5.91 Å². The van der Waals surface area contributed by atoms with Gasteiger partial charge in [0.05, 0.1) is 42.2 Å². The number of methoxy groups -OCH3 is 1. The van der Waals surface area contributed by atoms with Crippen molar-refractivity contribution in [2.45, 2.75) is 39.3 Å². The Balaban J connectivity index is 1.54. The minimum Gasteiger partial charge on any atom is -0.507 e. The largest absolute Gasteiger partial charge is 0.507 e. The molecule has 0 unspecified atom stereocenters. The summed E-state index contributed by atoms with van der Waals surface area (Å²) in [5, 5.41) is 12.0. The highest BCUT2D eigenvalue weighted by Gasteiger charge is 2.48. The van der Waals surface area contributed by atoms with Crippen LogP contribution in [-0.2, 0) is 16.0 Å². The molecule has 6 rings (SSSR count). The topological polar surface area (TPSA) is 107 Å². The SMILES string of the molecule is CCOc1ccc([C@H]2/C(=C(\O)c3ccc4c(c3)C[C@@H](C)O4)C(=O)C(=O)N2c2nc3ccc(OC)cc3s2)cc1OCC. The lowest BCUT2D eigenvalue weighted by atomic mass is 9.94. The predicted molar refractivity (Wildman–Crippen MR) is 160 cm³/mol. The van der Waals surface area contributed by atoms with Crippen LogP contribution >= 0.6 is 11.3 Å². The van der Waals surface area contributed by atoms with E-state index in [0.717, 1.165) is 16.0 Å². The van der Waals surface area contributed by atoms with E-state index in [2.05, 4.69) is 0 Å². The molecule has 3 aromatic carbocycles. The molecule has 2 atom stereocenters. The molecule has 0 aliphatic carbocycles. The molecule has 1 aromatic heterocycles. The number of aromatic nitrogens is 1. The van der Waals surface area contributed by atoms with Gasteiger partial charge in [-0.1, -0.05) is 17.4 Å². The Labute approximate surface area is 246 Å². The first-order chi connectivity index (χ1) is 20.3. The smallest absolute Gasteiger partial charge is 0.301 e. The Bertz CT molecular complexity index is 1740. The number of ether oxygens (including phenoxy) is 4. The molecule has 0 saturated carbocycles. The van der Waals surface area contributed by atoms with Gasteiger partial charge in [-0.3, -0.25) is 14.5 Å². The van der Waals surface area contributed by atoms with Crippen LogP contribution in [0.25, 0.3) is 16.0 Å². The Morgan fingerprint density at radius 1 is 1.05 bits per heavy atom. The van der Waals surface area contributed by atoms with Crippen LogP contribution in [0.15, 0.2) is 60.2 Å². The van der Waals surface area contributed by atoms with Crippen molar-refractivity contribution in [1.29, 1.82) is 0 Å². The van der Waals surface area contributed by atoms with Gasteiger partial charge in [0.15, 0.2) is 16.6 Å². The molecule has 10 heteroatoms. The number of amides is 1. The van der Waals surface area contributed by atoms with Gasteiger partial charge in [-0.05, 0) is 80.4 Å². The first-order valence-electron chi connectivity index (χ1n) is 13.8. The van der Waals surface area contributed by atoms with Gasteiger partial charge in [0, 0.05) is 12.0 Å². The summed E-state index contributed by atoms with van der Waals surface area (Å²) in [6, 6.07) is 15.0. The number of aliphatic hydroxyl groups excluding tert-OH is 1. The van der Waals surface area contributed by atoms with Crippen molar-refractivity contribution < 1.29 is 33.6 Å². The van der Waals surface area contributed by atoms with Gasteiger partial charge in [0.25, 0.3) is 5.78 Å². The lowest BCUT2D eigenvalue weighted by Crippen LogP contribution is -2.29. The van der Waals surface area contributed by atoms with E-state index in [0.29, 0.717) is 58.7 Å². The molecule has 0 bridgehead atoms. The van der Waals surface area contributed by atoms with E-state index in [1.807, 2.05) is 32.9 Å². The second kappa shape index (κ2) is 11.0. The van der Waals surface area contributed by atoms with Gasteiger partial charge < -0.3 is 24.1 Å². The van der Waals surface area contributed by atoms with E-state index < -0.39 is 17.7 Å². The molecule has 9 nitrogen and oxygen atoms in total. The highest BCUT2D eigenvalue weighted by atomic mass is 32.1. The van der Waals surface area contributed by atoms with Gasteiger partial charge in [0.1, 0.15) is 23.4 Å². The third-order valence-electron chi connectivity index (χ3n) is 7.29. The molecule has 216 valence electrons. The molecule has 1 amide bonds. The van der Waals surface area contributed by atoms with Gasteiger partial charge in [-0.15, -0.1) is 0 Å². The second-order valence-corrected chi connectivity index (χ2v) is 11.0. The Morgan fingerprint density at radius 2 is 1.83 bits per heavy atom. The Morgan fingerprint density at radius 3 is 2.60 bits per heavy atom. The molecule has 0 radical (unpaired) electrons. The van der Waals surface area contributed by atoms with Crippen LogP contribution in [0.4, 0.5) is 5.13 Å². The lowest BCUT2D eigenvalue weighted by molar-refractivity contribution is -0.132. The molecule has 1 fully saturated rings. The fraction of sp³-hybridized carbons (Fsp3) is 0.281. The quantitative estimate of drug-likeness (QED) is 0.151. The van der Waals surface area contributed by atoms with Crippen molar-refractivity contribution in [2.24, 2.45) is 0 Å². The van der Waals surface area contributed by atoms with E-state index in [4.69, 9.17) is 23.9 Å². The summed E-state index contributed by atoms with van der Waals surface area (Å²) in [5.74, 6) is 0.564. The van der Waals surface area contributed by atoms with Crippen molar-refractivity contribution in [2.75, 3.05) is 25.2 Å². The number of Topliss-reactive ketones (excluding diaryl/α,β-unsaturated/α-hetero) is 1. The number of anilines is 1. The van der Waals surface area contributed by atoms with Gasteiger partial charge in [-0.25, -0.2) is 4.98 Å². The van der Waals surface area contributed by atoms with Crippen molar-refractivity contribution in [1.82, 2.24) is 4.98 Å². The zero-order chi connectivity index (χ0) is 29.5. The number of carbonyl (C=O) groups is 2. The molecule has 2 aliphatic heterocycles. The van der Waals surface area contributed by atoms with Crippen molar-refractivity contribution in [3.63, 3.8) is 0 Å². The molecular weight excluding hydrogens is 556 g/mol. The first-order valence-corrected chi connectivity index (χ1v) is 14.6. The Hall–Kier alpha value is -4.57. The molecule has 1 N–H and O–H groups in total. The fourth-order valence-electron chi connectivity index (χ4n) is 5.43. The normalized spacial score (nSPS) is 19.2. The number of hydrogen-bond donors (Lipinski definition) is 1. The number of nitrogens with zero attached hydrogens (tertiary/aromatic N) is 2. The minimum absolute atomic E-state index is 0.0153. The van der Waals surface area contributed by atoms with Crippen molar-refractivity contribution in [3.05, 3.63) is 76.9 Å². The number of benzene rings is 3. The number of thiazole rings is 1. The van der Waals surface area contributed by atoms with Crippen LogP contribution in [0.3, 0.4) is 0 Å². The molecule has 0 spiro atoms. The number of aliphatic hydroxyl groups is 1. The number of hydrogen-bond acceptors (Lipinski definition) is 9. The average molecular weight is 587 g/mol. The standard InChI is InChI=1S/C32H30N2O7S/c1-5-39-24-12-7-18(15-25(24)40-6-2)28-27(29(35)19-8-11-23-20(14-19)13-17(3)41-23)30(36)31(37)34(28)32-33-22-10-9-21(38-4)16-26(22)42-32/h7-12,14-17,28,35H,5-6,13H2,1-4H3/b29-27+/t17-,28+/m1/s1. The number of fused-ring (bicyclic) bond motifs is 2. The summed E-state index contributed by atoms with van der Waals surface area (Å²) in [7, 11) is 1.58. The van der Waals surface area contributed by atoms with Crippen molar-refractivity contribution in [3.8, 4) is 23.0 Å². The average Bonchev–Trinajstić information content (AvgIpc) is 3.65. The second-order valence-electron chi connectivity index (χ2n) is 10.0. The summed E-state index contributed by atoms with van der Waals surface area (Å²) >= 11 is 1.27. The zero-order valence-electron chi connectivity index (χ0n) is 23.7. The monoisotopic (exact) mass is 586 g/mol. The molecule has 4 aromatic rings. The highest BCUT2D eigenvalue weighted by Crippen LogP contribution is 2.46. The highest BCUT2D eigenvalue weighted by molar-refractivity contribution is 7.22. The number of rotatable bonds is 8. The lowest BCUT2D eigenvalue weighted by Gasteiger charge is -2.24. The fourth-order valence-corrected chi connectivity index (χ4v) is 6.45. The van der Waals surface area contributed by atoms with Gasteiger partial charge in [0.2, 0.25) is 0 Å². The molecular formula is C32H30N2O7S. The predicted octanol–water partition coefficient (Wildman–Crippen LogP) is 6.05. The van der Waals surface area contributed by atoms with Crippen LogP contribution in [0.2, 0.25) is 0 Å². The van der Waals surface area contributed by atoms with E-state index >= 15 is 0 Å². The molecule has 2 aliphatic rings. The molecule has 3 heterocycles. The summed E-state index contributed by atoms with van der Waals surface area (Å²) in [4.78, 5) is 33.5. The van der Waals surface area contributed by atoms with Crippen LogP contribution in [-0.4, -0.2) is 48.2 Å². The summed E-state index contributed by atoms with van der Waals surface area (Å²) < 4.78 is 23.6. The van der Waals surface area contributed by atoms with Crippen LogP contribution in [0.1, 0.15) is 43.5 Å². The molecule has 1 saturated heterocycles. The zero-order valence-corrected chi connectivity index (χ0v) is 24.5. The van der Waals surface area contributed by atoms with Gasteiger partial charge in [-0.2, -0.15) is 0 Å². The maximum Gasteiger partial charge on any atom is 0.301 e. The van der Waals surface area contributed by atoms with Crippen LogP contribution < -0.4 is 23.8 Å². The summed E-state index contributed by atoms with van der Waals surface area (Å²) in [6.07, 6.45) is 0.696. The first kappa shape index (κ1) is 27.6. The maximum absolute atomic E-state index is 13.7. The van der Waals surface area contributed by atoms with Crippen LogP contribution in [0.5, 0.6) is 23.0 Å². The number of carbonyl (C=O) groups excluding carboxylic acids is 2. The maximum atomic E-state index is 13.7. The minimum atomic E-state index is -0.967. The summed E-state index contributed by atoms with van der Waals surface area (Å²) in [6.45, 7) is 6.54. The number of ketones is 1. The molecule has 42 heavy (non-hydrogen) atoms.